The van der Waals surface area contributed by atoms with Crippen molar-refractivity contribution in [3.63, 3.8) is 0 Å². The fraction of sp³-hybridized carbons (Fsp3) is 0.0400. The van der Waals surface area contributed by atoms with E-state index < -0.39 is 5.97 Å². The van der Waals surface area contributed by atoms with E-state index in [9.17, 15) is 13.6 Å². The molecule has 0 aliphatic rings. The van der Waals surface area contributed by atoms with Crippen molar-refractivity contribution in [3.05, 3.63) is 102 Å². The van der Waals surface area contributed by atoms with E-state index in [4.69, 9.17) is 5.11 Å². The molecular formula is C25H16F2IrN3O3-. The predicted molar refractivity (Wildman–Crippen MR) is 117 cm³/mol. The van der Waals surface area contributed by atoms with Crippen molar-refractivity contribution in [1.82, 2.24) is 15.0 Å². The quantitative estimate of drug-likeness (QED) is 0.255. The predicted octanol–water partition coefficient (Wildman–Crippen LogP) is 5.72. The van der Waals surface area contributed by atoms with Gasteiger partial charge in [-0.3, -0.25) is 14.4 Å². The van der Waals surface area contributed by atoms with Crippen molar-refractivity contribution < 1.29 is 43.2 Å². The molecular weight excluding hydrogens is 621 g/mol. The Morgan fingerprint density at radius 3 is 2.03 bits per heavy atom. The van der Waals surface area contributed by atoms with Crippen LogP contribution in [0.3, 0.4) is 0 Å². The van der Waals surface area contributed by atoms with Gasteiger partial charge in [0.1, 0.15) is 11.6 Å². The van der Waals surface area contributed by atoms with Crippen LogP contribution in [0.15, 0.2) is 77.5 Å². The zero-order valence-electron chi connectivity index (χ0n) is 17.6. The first-order valence-corrected chi connectivity index (χ1v) is 9.76. The van der Waals surface area contributed by atoms with Crippen LogP contribution >= 0.6 is 0 Å². The number of aryl methyl sites for hydroxylation is 1. The van der Waals surface area contributed by atoms with E-state index in [0.717, 1.165) is 23.0 Å². The number of aromatic nitrogens is 3. The number of carboxylic acids is 1. The molecule has 9 heteroatoms. The molecule has 0 fully saturated rings. The van der Waals surface area contributed by atoms with Crippen LogP contribution in [0, 0.1) is 24.6 Å². The maximum absolute atomic E-state index is 13.2. The Morgan fingerprint density at radius 2 is 1.53 bits per heavy atom. The number of aromatic carboxylic acids is 1. The summed E-state index contributed by atoms with van der Waals surface area (Å²) < 4.78 is 31.1. The molecule has 34 heavy (non-hydrogen) atoms. The largest absolute Gasteiger partial charge is 0.476 e. The summed E-state index contributed by atoms with van der Waals surface area (Å²) in [5.74, 6) is -1.40. The van der Waals surface area contributed by atoms with E-state index >= 15 is 0 Å². The summed E-state index contributed by atoms with van der Waals surface area (Å²) >= 11 is 0. The fourth-order valence-corrected chi connectivity index (χ4v) is 3.06. The number of fused-ring (bicyclic) bond motifs is 1. The second-order valence-electron chi connectivity index (χ2n) is 6.90. The van der Waals surface area contributed by atoms with Gasteiger partial charge >= 0.3 is 5.97 Å². The molecule has 3 aromatic carbocycles. The molecule has 6 nitrogen and oxygen atoms in total. The molecule has 1 radical (unpaired) electrons. The third-order valence-electron chi connectivity index (χ3n) is 4.67. The Morgan fingerprint density at radius 1 is 0.912 bits per heavy atom. The minimum absolute atomic E-state index is 0. The van der Waals surface area contributed by atoms with Gasteiger partial charge in [-0.15, -0.1) is 29.8 Å². The molecule has 0 aliphatic carbocycles. The number of para-hydroxylation sites is 2. The molecule has 0 saturated heterocycles. The van der Waals surface area contributed by atoms with Gasteiger partial charge < -0.3 is 9.52 Å². The van der Waals surface area contributed by atoms with Gasteiger partial charge in [-0.1, -0.05) is 24.3 Å². The van der Waals surface area contributed by atoms with Crippen LogP contribution in [0.2, 0.25) is 0 Å². The first kappa shape index (κ1) is 24.8. The first-order chi connectivity index (χ1) is 15.9. The smallest absolute Gasteiger partial charge is 0.358 e. The summed E-state index contributed by atoms with van der Waals surface area (Å²) in [6.07, 6.45) is 1.11. The van der Waals surface area contributed by atoms with Crippen LogP contribution in [-0.4, -0.2) is 26.0 Å². The average molecular weight is 637 g/mol. The topological polar surface area (TPSA) is 89.1 Å². The standard InChI is InChI=1S/C20H11F2N2.C5H5NO3.Ir/c21-15-9-5-13(6-10-15)19-20(14-7-11-16(22)12-8-14)24-18-4-2-1-3-17(18)23-19;1-3-4(5(7)8)6-2-9-3;/h1-7,9-12H;2H,1H3,(H,7,8);/q-1;;. The normalized spacial score (nSPS) is 10.2. The summed E-state index contributed by atoms with van der Waals surface area (Å²) in [4.78, 5) is 22.9. The SMILES string of the molecule is Cc1ocnc1C(=O)O.Fc1c[c-]c(-c2nc3ccccc3nc2-c2ccc(F)cc2)cc1.[Ir]. The van der Waals surface area contributed by atoms with E-state index in [1.54, 1.807) is 25.1 Å². The molecule has 5 aromatic rings. The van der Waals surface area contributed by atoms with Gasteiger partial charge in [0.25, 0.3) is 0 Å². The minimum atomic E-state index is -1.05. The first-order valence-electron chi connectivity index (χ1n) is 9.76. The van der Waals surface area contributed by atoms with Crippen LogP contribution in [0.1, 0.15) is 16.2 Å². The van der Waals surface area contributed by atoms with Crippen LogP contribution in [0.25, 0.3) is 33.5 Å². The summed E-state index contributed by atoms with van der Waals surface area (Å²) in [5, 5.41) is 8.33. The van der Waals surface area contributed by atoms with Gasteiger partial charge in [0.15, 0.2) is 12.1 Å². The van der Waals surface area contributed by atoms with E-state index in [2.05, 4.69) is 25.4 Å². The van der Waals surface area contributed by atoms with Gasteiger partial charge in [0.2, 0.25) is 0 Å². The van der Waals surface area contributed by atoms with Crippen molar-refractivity contribution in [3.8, 4) is 22.5 Å². The van der Waals surface area contributed by atoms with Gasteiger partial charge in [0.05, 0.1) is 16.7 Å². The number of carboxylic acid groups (broad SMARTS) is 1. The van der Waals surface area contributed by atoms with Crippen molar-refractivity contribution in [2.45, 2.75) is 6.92 Å². The Labute approximate surface area is 206 Å². The summed E-state index contributed by atoms with van der Waals surface area (Å²) in [6.45, 7) is 1.55. The number of carbonyl (C=O) groups is 1. The minimum Gasteiger partial charge on any atom is -0.476 e. The molecule has 173 valence electrons. The Balaban J connectivity index is 0.000000275. The molecule has 5 rings (SSSR count). The Kier molecular flexibility index (Phi) is 7.94. The fourth-order valence-electron chi connectivity index (χ4n) is 3.06. The Bertz CT molecular complexity index is 1340. The maximum atomic E-state index is 13.2. The molecule has 2 heterocycles. The number of hydrogen-bond acceptors (Lipinski definition) is 5. The monoisotopic (exact) mass is 637 g/mol. The molecule has 2 aromatic heterocycles. The molecule has 0 spiro atoms. The number of nitrogens with zero attached hydrogens (tertiary/aromatic N) is 3. The Hall–Kier alpha value is -3.81. The maximum Gasteiger partial charge on any atom is 0.358 e. The second kappa shape index (κ2) is 10.9. The number of halogens is 2. The zero-order chi connectivity index (χ0) is 23.4. The molecule has 0 aliphatic heterocycles. The van der Waals surface area contributed by atoms with E-state index in [1.165, 1.54) is 24.3 Å². The van der Waals surface area contributed by atoms with Crippen molar-refractivity contribution >= 4 is 17.0 Å². The van der Waals surface area contributed by atoms with Crippen molar-refractivity contribution in [2.75, 3.05) is 0 Å². The summed E-state index contributed by atoms with van der Waals surface area (Å²) in [7, 11) is 0. The van der Waals surface area contributed by atoms with Crippen LogP contribution < -0.4 is 0 Å². The van der Waals surface area contributed by atoms with E-state index in [-0.39, 0.29) is 37.4 Å². The van der Waals surface area contributed by atoms with Gasteiger partial charge in [-0.25, -0.2) is 14.2 Å². The third kappa shape index (κ3) is 5.57. The number of benzene rings is 3. The molecule has 0 amide bonds. The van der Waals surface area contributed by atoms with Crippen molar-refractivity contribution in [1.29, 1.82) is 0 Å². The van der Waals surface area contributed by atoms with E-state index in [1.807, 2.05) is 24.3 Å². The molecule has 0 saturated carbocycles. The number of hydrogen-bond donors (Lipinski definition) is 1. The van der Waals surface area contributed by atoms with Crippen LogP contribution in [0.5, 0.6) is 0 Å². The average Bonchev–Trinajstić information content (AvgIpc) is 3.26. The summed E-state index contributed by atoms with van der Waals surface area (Å²) in [6, 6.07) is 20.7. The third-order valence-corrected chi connectivity index (χ3v) is 4.67. The summed E-state index contributed by atoms with van der Waals surface area (Å²) in [5.41, 5.74) is 4.02. The number of oxazole rings is 1. The van der Waals surface area contributed by atoms with Gasteiger partial charge in [-0.2, -0.15) is 0 Å². The van der Waals surface area contributed by atoms with Gasteiger partial charge in [-0.05, 0) is 36.8 Å². The molecule has 0 unspecified atom stereocenters. The molecule has 0 atom stereocenters. The van der Waals surface area contributed by atoms with Crippen LogP contribution in [0.4, 0.5) is 8.78 Å². The van der Waals surface area contributed by atoms with Gasteiger partial charge in [0, 0.05) is 31.6 Å². The molecule has 1 N–H and O–H groups in total. The van der Waals surface area contributed by atoms with Crippen molar-refractivity contribution in [2.24, 2.45) is 0 Å². The zero-order valence-corrected chi connectivity index (χ0v) is 20.0. The number of rotatable bonds is 3. The van der Waals surface area contributed by atoms with E-state index in [0.29, 0.717) is 22.7 Å². The second-order valence-corrected chi connectivity index (χ2v) is 6.90. The molecule has 0 bridgehead atoms. The van der Waals surface area contributed by atoms with Crippen LogP contribution in [-0.2, 0) is 20.1 Å².